The maximum absolute atomic E-state index is 11.1. The molecule has 2 aromatic rings. The van der Waals surface area contributed by atoms with E-state index in [9.17, 15) is 4.79 Å². The molecule has 0 aliphatic carbocycles. The fourth-order valence-electron chi connectivity index (χ4n) is 1.44. The Labute approximate surface area is 91.9 Å². The number of carboxylic acid groups (broad SMARTS) is 1. The quantitative estimate of drug-likeness (QED) is 0.849. The van der Waals surface area contributed by atoms with Gasteiger partial charge in [0, 0.05) is 12.4 Å². The molecule has 0 aliphatic heterocycles. The van der Waals surface area contributed by atoms with Crippen molar-refractivity contribution in [1.29, 1.82) is 0 Å². The predicted molar refractivity (Wildman–Crippen MR) is 57.1 cm³/mol. The largest absolute Gasteiger partial charge is 0.497 e. The van der Waals surface area contributed by atoms with E-state index in [0.717, 1.165) is 0 Å². The van der Waals surface area contributed by atoms with Crippen LogP contribution >= 0.6 is 0 Å². The molecule has 2 rings (SSSR count). The lowest BCUT2D eigenvalue weighted by atomic mass is 10.1. The third-order valence-electron chi connectivity index (χ3n) is 2.22. The van der Waals surface area contributed by atoms with E-state index in [1.807, 2.05) is 0 Å². The predicted octanol–water partition coefficient (Wildman–Crippen LogP) is 1.58. The highest BCUT2D eigenvalue weighted by atomic mass is 16.5. The molecule has 0 saturated carbocycles. The number of benzene rings is 1. The molecule has 0 bridgehead atoms. The highest BCUT2D eigenvalue weighted by Gasteiger charge is 2.12. The highest BCUT2D eigenvalue weighted by Crippen LogP contribution is 2.20. The van der Waals surface area contributed by atoms with E-state index in [1.54, 1.807) is 35.4 Å². The molecular weight excluding hydrogens is 208 g/mol. The van der Waals surface area contributed by atoms with Crippen molar-refractivity contribution in [3.63, 3.8) is 0 Å². The smallest absolute Gasteiger partial charge is 0.337 e. The van der Waals surface area contributed by atoms with Crippen molar-refractivity contribution in [3.05, 3.63) is 42.5 Å². The fourth-order valence-corrected chi connectivity index (χ4v) is 1.44. The minimum absolute atomic E-state index is 0.178. The van der Waals surface area contributed by atoms with Gasteiger partial charge in [-0.1, -0.05) is 0 Å². The summed E-state index contributed by atoms with van der Waals surface area (Å²) in [6.45, 7) is 0. The second-order valence-electron chi connectivity index (χ2n) is 3.16. The fraction of sp³-hybridized carbons (Fsp3) is 0.0909. The summed E-state index contributed by atoms with van der Waals surface area (Å²) in [5.41, 5.74) is 0.739. The van der Waals surface area contributed by atoms with Crippen molar-refractivity contribution >= 4 is 5.97 Å². The monoisotopic (exact) mass is 218 g/mol. The van der Waals surface area contributed by atoms with Crippen molar-refractivity contribution in [1.82, 2.24) is 9.55 Å². The van der Waals surface area contributed by atoms with Gasteiger partial charge in [0.05, 0.1) is 24.7 Å². The normalized spacial score (nSPS) is 10.1. The van der Waals surface area contributed by atoms with Crippen LogP contribution in [0.4, 0.5) is 0 Å². The molecule has 0 aliphatic rings. The van der Waals surface area contributed by atoms with Crippen molar-refractivity contribution in [2.24, 2.45) is 0 Å². The van der Waals surface area contributed by atoms with Gasteiger partial charge in [-0.2, -0.15) is 0 Å². The Balaban J connectivity index is 2.57. The van der Waals surface area contributed by atoms with Gasteiger partial charge in [0.25, 0.3) is 0 Å². The first-order chi connectivity index (χ1) is 7.72. The highest BCUT2D eigenvalue weighted by molar-refractivity contribution is 5.92. The summed E-state index contributed by atoms with van der Waals surface area (Å²) in [4.78, 5) is 15.0. The molecule has 1 aromatic carbocycles. The van der Waals surface area contributed by atoms with E-state index < -0.39 is 5.97 Å². The van der Waals surface area contributed by atoms with Gasteiger partial charge in [-0.3, -0.25) is 0 Å². The number of hydrogen-bond donors (Lipinski definition) is 1. The lowest BCUT2D eigenvalue weighted by Crippen LogP contribution is -2.04. The summed E-state index contributed by atoms with van der Waals surface area (Å²) in [7, 11) is 1.50. The van der Waals surface area contributed by atoms with Crippen LogP contribution in [0.25, 0.3) is 5.69 Å². The zero-order valence-corrected chi connectivity index (χ0v) is 8.62. The van der Waals surface area contributed by atoms with E-state index in [2.05, 4.69) is 4.98 Å². The average Bonchev–Trinajstić information content (AvgIpc) is 2.81. The SMILES string of the molecule is COc1ccc(-n2ccnc2)c(C(=O)O)c1. The number of imidazole rings is 1. The molecule has 1 aromatic heterocycles. The first-order valence-electron chi connectivity index (χ1n) is 4.62. The minimum Gasteiger partial charge on any atom is -0.497 e. The van der Waals surface area contributed by atoms with Crippen LogP contribution in [0.15, 0.2) is 36.9 Å². The Kier molecular flexibility index (Phi) is 2.59. The van der Waals surface area contributed by atoms with Gasteiger partial charge in [0.1, 0.15) is 5.75 Å². The van der Waals surface area contributed by atoms with Gasteiger partial charge >= 0.3 is 5.97 Å². The first kappa shape index (κ1) is 10.2. The molecule has 0 spiro atoms. The van der Waals surface area contributed by atoms with Crippen molar-refractivity contribution < 1.29 is 14.6 Å². The summed E-state index contributed by atoms with van der Waals surface area (Å²) in [6, 6.07) is 4.88. The number of carboxylic acids is 1. The van der Waals surface area contributed by atoms with E-state index >= 15 is 0 Å². The summed E-state index contributed by atoms with van der Waals surface area (Å²) in [5, 5.41) is 9.10. The average molecular weight is 218 g/mol. The van der Waals surface area contributed by atoms with Gasteiger partial charge in [-0.05, 0) is 18.2 Å². The van der Waals surface area contributed by atoms with Crippen LogP contribution < -0.4 is 4.74 Å². The molecule has 0 unspecified atom stereocenters. The lowest BCUT2D eigenvalue weighted by Gasteiger charge is -2.08. The maximum atomic E-state index is 11.1. The van der Waals surface area contributed by atoms with Crippen molar-refractivity contribution in [2.75, 3.05) is 7.11 Å². The van der Waals surface area contributed by atoms with Crippen LogP contribution in [0.1, 0.15) is 10.4 Å². The number of nitrogens with zero attached hydrogens (tertiary/aromatic N) is 2. The first-order valence-corrected chi connectivity index (χ1v) is 4.62. The summed E-state index contributed by atoms with van der Waals surface area (Å²) in [6.07, 6.45) is 4.83. The number of aromatic nitrogens is 2. The Morgan fingerprint density at radius 2 is 2.31 bits per heavy atom. The molecule has 0 atom stereocenters. The molecule has 5 heteroatoms. The van der Waals surface area contributed by atoms with Gasteiger partial charge in [-0.25, -0.2) is 9.78 Å². The van der Waals surface area contributed by atoms with E-state index in [4.69, 9.17) is 9.84 Å². The number of carbonyl (C=O) groups is 1. The van der Waals surface area contributed by atoms with Crippen LogP contribution in [0, 0.1) is 0 Å². The zero-order valence-electron chi connectivity index (χ0n) is 8.62. The molecule has 0 fully saturated rings. The Morgan fingerprint density at radius 3 is 2.88 bits per heavy atom. The molecule has 16 heavy (non-hydrogen) atoms. The maximum Gasteiger partial charge on any atom is 0.337 e. The topological polar surface area (TPSA) is 64.4 Å². The molecule has 82 valence electrons. The van der Waals surface area contributed by atoms with E-state index in [0.29, 0.717) is 11.4 Å². The molecule has 5 nitrogen and oxygen atoms in total. The molecular formula is C11H10N2O3. The molecule has 1 heterocycles. The molecule has 0 amide bonds. The zero-order chi connectivity index (χ0) is 11.5. The van der Waals surface area contributed by atoms with Gasteiger partial charge in [0.2, 0.25) is 0 Å². The van der Waals surface area contributed by atoms with Gasteiger partial charge in [0.15, 0.2) is 0 Å². The molecule has 1 N–H and O–H groups in total. The number of hydrogen-bond acceptors (Lipinski definition) is 3. The third-order valence-corrected chi connectivity index (χ3v) is 2.22. The Hall–Kier alpha value is -2.30. The Morgan fingerprint density at radius 1 is 1.50 bits per heavy atom. The van der Waals surface area contributed by atoms with Crippen molar-refractivity contribution in [3.8, 4) is 11.4 Å². The van der Waals surface area contributed by atoms with Crippen molar-refractivity contribution in [2.45, 2.75) is 0 Å². The van der Waals surface area contributed by atoms with Gasteiger partial charge in [-0.15, -0.1) is 0 Å². The number of aromatic carboxylic acids is 1. The van der Waals surface area contributed by atoms with Crippen LogP contribution in [-0.4, -0.2) is 27.7 Å². The number of rotatable bonds is 3. The van der Waals surface area contributed by atoms with E-state index in [-0.39, 0.29) is 5.56 Å². The Bertz CT molecular complexity index is 506. The van der Waals surface area contributed by atoms with Crippen LogP contribution in [0.2, 0.25) is 0 Å². The lowest BCUT2D eigenvalue weighted by molar-refractivity contribution is 0.0696. The van der Waals surface area contributed by atoms with Crippen LogP contribution in [0.3, 0.4) is 0 Å². The number of ether oxygens (including phenoxy) is 1. The van der Waals surface area contributed by atoms with Gasteiger partial charge < -0.3 is 14.4 Å². The second-order valence-corrected chi connectivity index (χ2v) is 3.16. The summed E-state index contributed by atoms with van der Waals surface area (Å²) < 4.78 is 6.63. The second kappa shape index (κ2) is 4.06. The summed E-state index contributed by atoms with van der Waals surface area (Å²) in [5.74, 6) is -0.483. The summed E-state index contributed by atoms with van der Waals surface area (Å²) >= 11 is 0. The third kappa shape index (κ3) is 1.75. The molecule has 0 radical (unpaired) electrons. The standard InChI is InChI=1S/C11H10N2O3/c1-16-8-2-3-10(9(6-8)11(14)15)13-5-4-12-7-13/h2-7H,1H3,(H,14,15). The minimum atomic E-state index is -0.998. The van der Waals surface area contributed by atoms with Crippen LogP contribution in [-0.2, 0) is 0 Å². The van der Waals surface area contributed by atoms with E-state index in [1.165, 1.54) is 13.2 Å². The van der Waals surface area contributed by atoms with Crippen LogP contribution in [0.5, 0.6) is 5.75 Å². The molecule has 0 saturated heterocycles. The number of methoxy groups -OCH3 is 1.